The van der Waals surface area contributed by atoms with Crippen molar-refractivity contribution >= 4 is 11.9 Å². The van der Waals surface area contributed by atoms with Gasteiger partial charge < -0.3 is 14.9 Å². The molecule has 3 rings (SSSR count). The summed E-state index contributed by atoms with van der Waals surface area (Å²) in [4.78, 5) is 24.7. The molecule has 25 heavy (non-hydrogen) atoms. The third-order valence-corrected chi connectivity index (χ3v) is 4.53. The third-order valence-electron chi connectivity index (χ3n) is 4.53. The first-order valence-electron chi connectivity index (χ1n) is 8.53. The van der Waals surface area contributed by atoms with Crippen LogP contribution in [0.5, 0.6) is 0 Å². The standard InChI is InChI=1S/C19H24N4O2/c1-15-6-3-7-16(12-15)17(24)22(2)13-19(25)8-4-11-23(14-19)18-20-9-5-10-21-18/h3,5-7,9-10,12,25H,4,8,11,13-14H2,1-2H3/t19-/m1/s1. The summed E-state index contributed by atoms with van der Waals surface area (Å²) < 4.78 is 0. The van der Waals surface area contributed by atoms with Crippen molar-refractivity contribution in [2.45, 2.75) is 25.4 Å². The molecule has 1 N–H and O–H groups in total. The highest BCUT2D eigenvalue weighted by Crippen LogP contribution is 2.25. The minimum Gasteiger partial charge on any atom is -0.386 e. The van der Waals surface area contributed by atoms with Crippen LogP contribution in [0.15, 0.2) is 42.7 Å². The van der Waals surface area contributed by atoms with Gasteiger partial charge in [0.25, 0.3) is 5.91 Å². The molecule has 0 radical (unpaired) electrons. The predicted molar refractivity (Wildman–Crippen MR) is 96.6 cm³/mol. The summed E-state index contributed by atoms with van der Waals surface area (Å²) in [5.74, 6) is 0.540. The van der Waals surface area contributed by atoms with E-state index in [1.165, 1.54) is 0 Å². The number of benzene rings is 1. The van der Waals surface area contributed by atoms with Crippen molar-refractivity contribution in [2.75, 3.05) is 31.6 Å². The van der Waals surface area contributed by atoms with E-state index in [-0.39, 0.29) is 12.5 Å². The number of carbonyl (C=O) groups is 1. The number of piperidine rings is 1. The van der Waals surface area contributed by atoms with E-state index >= 15 is 0 Å². The minimum atomic E-state index is -0.967. The van der Waals surface area contributed by atoms with Crippen molar-refractivity contribution in [3.8, 4) is 0 Å². The van der Waals surface area contributed by atoms with Crippen molar-refractivity contribution in [2.24, 2.45) is 0 Å². The molecule has 0 saturated carbocycles. The molecule has 6 nitrogen and oxygen atoms in total. The van der Waals surface area contributed by atoms with Crippen molar-refractivity contribution in [1.82, 2.24) is 14.9 Å². The van der Waals surface area contributed by atoms with E-state index in [4.69, 9.17) is 0 Å². The van der Waals surface area contributed by atoms with Gasteiger partial charge in [0.1, 0.15) is 0 Å². The zero-order valence-electron chi connectivity index (χ0n) is 14.7. The second-order valence-corrected chi connectivity index (χ2v) is 6.83. The van der Waals surface area contributed by atoms with Gasteiger partial charge in [-0.3, -0.25) is 4.79 Å². The summed E-state index contributed by atoms with van der Waals surface area (Å²) in [6.07, 6.45) is 4.88. The number of rotatable bonds is 4. The fourth-order valence-corrected chi connectivity index (χ4v) is 3.38. The Bertz CT molecular complexity index is 737. The van der Waals surface area contributed by atoms with E-state index in [1.807, 2.05) is 30.0 Å². The summed E-state index contributed by atoms with van der Waals surface area (Å²) >= 11 is 0. The van der Waals surface area contributed by atoms with Gasteiger partial charge >= 0.3 is 0 Å². The molecule has 2 aromatic rings. The van der Waals surface area contributed by atoms with Gasteiger partial charge in [0.15, 0.2) is 0 Å². The molecule has 0 bridgehead atoms. The van der Waals surface area contributed by atoms with Crippen LogP contribution in [0.4, 0.5) is 5.95 Å². The minimum absolute atomic E-state index is 0.0785. The van der Waals surface area contributed by atoms with Crippen molar-refractivity contribution < 1.29 is 9.90 Å². The van der Waals surface area contributed by atoms with E-state index in [0.717, 1.165) is 18.5 Å². The molecule has 0 spiro atoms. The van der Waals surface area contributed by atoms with Crippen LogP contribution in [-0.2, 0) is 0 Å². The van der Waals surface area contributed by atoms with Crippen LogP contribution in [0.25, 0.3) is 0 Å². The Morgan fingerprint density at radius 3 is 2.80 bits per heavy atom. The Kier molecular flexibility index (Phi) is 4.99. The van der Waals surface area contributed by atoms with E-state index < -0.39 is 5.60 Å². The van der Waals surface area contributed by atoms with Crippen LogP contribution in [-0.4, -0.2) is 58.2 Å². The number of aryl methyl sites for hydroxylation is 1. The Morgan fingerprint density at radius 2 is 2.08 bits per heavy atom. The average molecular weight is 340 g/mol. The first-order chi connectivity index (χ1) is 12.0. The monoisotopic (exact) mass is 340 g/mol. The second-order valence-electron chi connectivity index (χ2n) is 6.83. The molecule has 1 aliphatic heterocycles. The third kappa shape index (κ3) is 4.14. The summed E-state index contributed by atoms with van der Waals surface area (Å²) in [7, 11) is 1.74. The Labute approximate surface area is 148 Å². The molecule has 0 unspecified atom stereocenters. The number of hydrogen-bond donors (Lipinski definition) is 1. The predicted octanol–water partition coefficient (Wildman–Crippen LogP) is 1.89. The number of hydrogen-bond acceptors (Lipinski definition) is 5. The summed E-state index contributed by atoms with van der Waals surface area (Å²) in [5.41, 5.74) is 0.722. The lowest BCUT2D eigenvalue weighted by atomic mass is 9.92. The molecule has 1 saturated heterocycles. The lowest BCUT2D eigenvalue weighted by Crippen LogP contribution is -2.55. The highest BCUT2D eigenvalue weighted by Gasteiger charge is 2.36. The SMILES string of the molecule is Cc1cccc(C(=O)N(C)C[C@]2(O)CCCN(c3ncccn3)C2)c1. The first-order valence-corrected chi connectivity index (χ1v) is 8.53. The first kappa shape index (κ1) is 17.4. The number of amides is 1. The Morgan fingerprint density at radius 1 is 1.32 bits per heavy atom. The van der Waals surface area contributed by atoms with Crippen LogP contribution >= 0.6 is 0 Å². The number of β-amino-alcohol motifs (C(OH)–C–C–N with tert-alkyl or cyclic N) is 1. The maximum absolute atomic E-state index is 12.6. The van der Waals surface area contributed by atoms with Gasteiger partial charge in [0.05, 0.1) is 18.7 Å². The molecule has 1 aliphatic rings. The zero-order chi connectivity index (χ0) is 17.9. The van der Waals surface area contributed by atoms with Gasteiger partial charge in [-0.1, -0.05) is 17.7 Å². The number of likely N-dealkylation sites (N-methyl/N-ethyl adjacent to an activating group) is 1. The van der Waals surface area contributed by atoms with Crippen molar-refractivity contribution in [3.63, 3.8) is 0 Å². The quantitative estimate of drug-likeness (QED) is 0.920. The van der Waals surface area contributed by atoms with E-state index in [9.17, 15) is 9.90 Å². The normalized spacial score (nSPS) is 20.4. The van der Waals surface area contributed by atoms with E-state index in [1.54, 1.807) is 36.5 Å². The van der Waals surface area contributed by atoms with E-state index in [2.05, 4.69) is 9.97 Å². The number of aromatic nitrogens is 2. The van der Waals surface area contributed by atoms with Gasteiger partial charge in [-0.25, -0.2) is 9.97 Å². The van der Waals surface area contributed by atoms with Crippen molar-refractivity contribution in [1.29, 1.82) is 0 Å². The molecular formula is C19H24N4O2. The number of anilines is 1. The fourth-order valence-electron chi connectivity index (χ4n) is 3.38. The number of carbonyl (C=O) groups excluding carboxylic acids is 1. The number of aliphatic hydroxyl groups is 1. The molecule has 1 fully saturated rings. The van der Waals surface area contributed by atoms with E-state index in [0.29, 0.717) is 24.5 Å². The topological polar surface area (TPSA) is 69.6 Å². The molecule has 1 amide bonds. The smallest absolute Gasteiger partial charge is 0.253 e. The summed E-state index contributed by atoms with van der Waals surface area (Å²) in [6, 6.07) is 9.28. The van der Waals surface area contributed by atoms with Gasteiger partial charge in [0.2, 0.25) is 5.95 Å². The Hall–Kier alpha value is -2.47. The molecule has 1 aromatic carbocycles. The molecule has 0 aliphatic carbocycles. The molecule has 1 aromatic heterocycles. The summed E-state index contributed by atoms with van der Waals surface area (Å²) in [5, 5.41) is 11.0. The van der Waals surface area contributed by atoms with Crippen LogP contribution in [0.1, 0.15) is 28.8 Å². The maximum Gasteiger partial charge on any atom is 0.253 e. The average Bonchev–Trinajstić information content (AvgIpc) is 2.61. The van der Waals surface area contributed by atoms with Crippen molar-refractivity contribution in [3.05, 3.63) is 53.9 Å². The highest BCUT2D eigenvalue weighted by molar-refractivity contribution is 5.94. The molecule has 6 heteroatoms. The van der Waals surface area contributed by atoms with Crippen LogP contribution in [0, 0.1) is 6.92 Å². The van der Waals surface area contributed by atoms with Gasteiger partial charge in [-0.05, 0) is 38.0 Å². The highest BCUT2D eigenvalue weighted by atomic mass is 16.3. The lowest BCUT2D eigenvalue weighted by Gasteiger charge is -2.41. The van der Waals surface area contributed by atoms with Crippen LogP contribution in [0.2, 0.25) is 0 Å². The van der Waals surface area contributed by atoms with Gasteiger partial charge in [-0.2, -0.15) is 0 Å². The fraction of sp³-hybridized carbons (Fsp3) is 0.421. The molecule has 132 valence electrons. The van der Waals surface area contributed by atoms with Crippen LogP contribution < -0.4 is 4.90 Å². The molecule has 1 atom stereocenters. The maximum atomic E-state index is 12.6. The van der Waals surface area contributed by atoms with Gasteiger partial charge in [0, 0.05) is 31.5 Å². The molecule has 2 heterocycles. The lowest BCUT2D eigenvalue weighted by molar-refractivity contribution is -0.000296. The zero-order valence-corrected chi connectivity index (χ0v) is 14.7. The van der Waals surface area contributed by atoms with Gasteiger partial charge in [-0.15, -0.1) is 0 Å². The van der Waals surface area contributed by atoms with Crippen LogP contribution in [0.3, 0.4) is 0 Å². The largest absolute Gasteiger partial charge is 0.386 e. The molecular weight excluding hydrogens is 316 g/mol. The second kappa shape index (κ2) is 7.19. The summed E-state index contributed by atoms with van der Waals surface area (Å²) in [6.45, 7) is 3.47. The number of nitrogens with zero attached hydrogens (tertiary/aromatic N) is 4. The Balaban J connectivity index is 1.69.